The minimum Gasteiger partial charge on any atom is -0.386 e. The van der Waals surface area contributed by atoms with Crippen LogP contribution < -0.4 is 0 Å². The average Bonchev–Trinajstić information content (AvgIpc) is 3.51. The van der Waals surface area contributed by atoms with E-state index in [-0.39, 0.29) is 53.1 Å². The Morgan fingerprint density at radius 1 is 0.880 bits per heavy atom. The lowest BCUT2D eigenvalue weighted by molar-refractivity contribution is -0.343. The number of fused-ring (bicyclic) bond motifs is 12. The summed E-state index contributed by atoms with van der Waals surface area (Å²) in [6.07, 6.45) is 5.41. The van der Waals surface area contributed by atoms with Gasteiger partial charge in [-0.25, -0.2) is 0 Å². The first kappa shape index (κ1) is 32.6. The molecule has 2 N–H and O–H groups in total. The molecule has 1 spiro atoms. The lowest BCUT2D eigenvalue weighted by Crippen LogP contribution is -2.77. The molecule has 4 aliphatic carbocycles. The summed E-state index contributed by atoms with van der Waals surface area (Å²) in [4.78, 5) is 18.2. The number of ether oxygens (including phenoxy) is 5. The molecule has 4 saturated heterocycles. The molecule has 0 bridgehead atoms. The quantitative estimate of drug-likeness (QED) is 0.250. The summed E-state index contributed by atoms with van der Waals surface area (Å²) in [6.45, 7) is 21.5. The second-order valence-corrected chi connectivity index (χ2v) is 19.6. The van der Waals surface area contributed by atoms with Crippen LogP contribution in [0.1, 0.15) is 122 Å². The summed E-state index contributed by atoms with van der Waals surface area (Å²) >= 11 is 0. The molecule has 4 aliphatic heterocycles. The number of carbonyl (C=O) groups is 1. The van der Waals surface area contributed by atoms with Gasteiger partial charge in [-0.15, -0.1) is 0 Å². The molecule has 50 heavy (non-hydrogen) atoms. The molecule has 8 aliphatic rings. The van der Waals surface area contributed by atoms with Gasteiger partial charge in [0.2, 0.25) is 0 Å². The number of aromatic nitrogens is 1. The maximum atomic E-state index is 14.3. The van der Waals surface area contributed by atoms with E-state index < -0.39 is 34.1 Å². The third kappa shape index (κ3) is 3.54. The van der Waals surface area contributed by atoms with Crippen molar-refractivity contribution in [3.8, 4) is 0 Å². The number of rotatable bonds is 1. The fraction of sp³-hybridized carbons (Fsp3) is 0.738. The third-order valence-electron chi connectivity index (χ3n) is 15.9. The van der Waals surface area contributed by atoms with Crippen LogP contribution in [0.25, 0.3) is 10.9 Å². The lowest BCUT2D eigenvalue weighted by atomic mass is 9.40. The predicted molar refractivity (Wildman–Crippen MR) is 188 cm³/mol. The van der Waals surface area contributed by atoms with E-state index in [2.05, 4.69) is 86.4 Å². The highest BCUT2D eigenvalue weighted by Gasteiger charge is 2.87. The van der Waals surface area contributed by atoms with Crippen LogP contribution in [0.5, 0.6) is 0 Å². The second kappa shape index (κ2) is 9.34. The van der Waals surface area contributed by atoms with E-state index >= 15 is 0 Å². The van der Waals surface area contributed by atoms with Gasteiger partial charge in [0.25, 0.3) is 0 Å². The number of hydrogen-bond acceptors (Lipinski definition) is 7. The zero-order valence-electron chi connectivity index (χ0n) is 31.5. The van der Waals surface area contributed by atoms with Crippen molar-refractivity contribution in [2.75, 3.05) is 0 Å². The van der Waals surface area contributed by atoms with Gasteiger partial charge in [0, 0.05) is 38.9 Å². The number of aromatic amines is 1. The first-order valence-electron chi connectivity index (χ1n) is 19.3. The van der Waals surface area contributed by atoms with E-state index in [0.29, 0.717) is 12.3 Å². The minimum absolute atomic E-state index is 0.123. The van der Waals surface area contributed by atoms with Gasteiger partial charge in [0.15, 0.2) is 17.7 Å². The molecule has 8 nitrogen and oxygen atoms in total. The Morgan fingerprint density at radius 2 is 1.64 bits per heavy atom. The maximum absolute atomic E-state index is 14.3. The second-order valence-electron chi connectivity index (χ2n) is 19.6. The number of epoxide rings is 1. The molecule has 1 aromatic carbocycles. The summed E-state index contributed by atoms with van der Waals surface area (Å²) in [6, 6.07) is 4.19. The van der Waals surface area contributed by atoms with E-state index in [9.17, 15) is 9.90 Å². The van der Waals surface area contributed by atoms with Crippen molar-refractivity contribution in [3.63, 3.8) is 0 Å². The highest BCUT2D eigenvalue weighted by molar-refractivity contribution is 6.06. The molecule has 12 atom stereocenters. The van der Waals surface area contributed by atoms with Crippen LogP contribution in [0, 0.1) is 23.2 Å². The molecule has 1 aromatic heterocycles. The van der Waals surface area contributed by atoms with E-state index in [1.165, 1.54) is 22.2 Å². The molecule has 0 radical (unpaired) electrons. The SMILES string of the molecule is CC(C)=C[C@H]1O[C@@H]2[C@H](O[C@H]3CC[C@@]4(C)[C@@](O)(CC[C@H]5Cc6c([nH]c7ccc8c(c67)C[C@@H]6[C@H](C8=O)C(C)(C)OC6(C)C)[C@@]54C)[C@]34O[C@@H]24)C(C)(C)O1. The smallest absolute Gasteiger partial charge is 0.178 e. The van der Waals surface area contributed by atoms with Gasteiger partial charge in [0.05, 0.1) is 28.8 Å². The third-order valence-corrected chi connectivity index (χ3v) is 15.9. The van der Waals surface area contributed by atoms with Crippen LogP contribution >= 0.6 is 0 Å². The average molecular weight is 686 g/mol. The first-order chi connectivity index (χ1) is 23.3. The molecule has 8 heteroatoms. The van der Waals surface area contributed by atoms with Crippen molar-refractivity contribution in [2.45, 2.75) is 172 Å². The van der Waals surface area contributed by atoms with Gasteiger partial charge in [-0.05, 0) is 129 Å². The summed E-state index contributed by atoms with van der Waals surface area (Å²) in [5.41, 5.74) is 2.69. The molecule has 0 amide bonds. The number of H-pyrrole nitrogens is 1. The summed E-state index contributed by atoms with van der Waals surface area (Å²) in [5.74, 6) is 0.568. The number of ketones is 1. The number of hydrogen-bond donors (Lipinski definition) is 2. The van der Waals surface area contributed by atoms with Gasteiger partial charge in [-0.2, -0.15) is 0 Å². The van der Waals surface area contributed by atoms with Crippen LogP contribution in [-0.4, -0.2) is 74.6 Å². The Morgan fingerprint density at radius 3 is 2.38 bits per heavy atom. The number of carbonyl (C=O) groups excluding carboxylic acids is 1. The van der Waals surface area contributed by atoms with Crippen molar-refractivity contribution in [1.29, 1.82) is 0 Å². The molecule has 270 valence electrons. The van der Waals surface area contributed by atoms with E-state index in [0.717, 1.165) is 48.8 Å². The molecular formula is C42H55NO7. The van der Waals surface area contributed by atoms with Gasteiger partial charge < -0.3 is 33.8 Å². The molecule has 0 unspecified atom stereocenters. The molecule has 6 fully saturated rings. The number of benzene rings is 1. The van der Waals surface area contributed by atoms with Crippen LogP contribution in [0.4, 0.5) is 0 Å². The normalized spacial score (nSPS) is 48.3. The Balaban J connectivity index is 1.07. The molecule has 2 aromatic rings. The van der Waals surface area contributed by atoms with Gasteiger partial charge in [-0.3, -0.25) is 4.79 Å². The number of Topliss-reactive ketones (excluding diaryl/α,β-unsaturated/α-hetero) is 1. The highest BCUT2D eigenvalue weighted by atomic mass is 16.8. The van der Waals surface area contributed by atoms with Crippen LogP contribution in [0.15, 0.2) is 23.8 Å². The molecule has 2 saturated carbocycles. The summed E-state index contributed by atoms with van der Waals surface area (Å²) < 4.78 is 33.4. The van der Waals surface area contributed by atoms with Crippen molar-refractivity contribution < 1.29 is 33.6 Å². The Bertz CT molecular complexity index is 1900. The van der Waals surface area contributed by atoms with Crippen molar-refractivity contribution in [2.24, 2.45) is 23.2 Å². The zero-order valence-corrected chi connectivity index (χ0v) is 31.5. The maximum Gasteiger partial charge on any atom is 0.178 e. The van der Waals surface area contributed by atoms with Crippen molar-refractivity contribution >= 4 is 16.7 Å². The standard InChI is InChI=1S/C42H55NO7/c1-20(2)17-28-47-32-34(38(7,8)48-28)46-27-14-15-39(9)40(10)21(13-16-41(39,45)42(27)35(32)49-42)18-24-29-23-19-25-30(37(5,6)50-36(25,3)4)31(44)22(23)11-12-26(29)43-33(24)40/h11-12,17,21,25,27-28,30,32,34-35,43,45H,13-16,18-19H2,1-10H3/t21-,25+,27-,28-,30+,32+,34-,35-,39+,40+,41-,42-/m0/s1. The van der Waals surface area contributed by atoms with Crippen LogP contribution in [-0.2, 0) is 41.9 Å². The Kier molecular flexibility index (Phi) is 6.09. The van der Waals surface area contributed by atoms with Gasteiger partial charge >= 0.3 is 0 Å². The lowest BCUT2D eigenvalue weighted by Gasteiger charge is -2.66. The Hall–Kier alpha value is -2.07. The highest BCUT2D eigenvalue weighted by Crippen LogP contribution is 2.75. The predicted octanol–water partition coefficient (Wildman–Crippen LogP) is 6.87. The monoisotopic (exact) mass is 685 g/mol. The van der Waals surface area contributed by atoms with Crippen LogP contribution in [0.2, 0.25) is 0 Å². The Labute approximate surface area is 296 Å². The topological polar surface area (TPSA) is 103 Å². The van der Waals surface area contributed by atoms with Crippen molar-refractivity contribution in [3.05, 3.63) is 46.2 Å². The van der Waals surface area contributed by atoms with Crippen LogP contribution in [0.3, 0.4) is 0 Å². The minimum atomic E-state index is -1.11. The zero-order chi connectivity index (χ0) is 35.3. The molecule has 10 rings (SSSR count). The van der Waals surface area contributed by atoms with Crippen molar-refractivity contribution in [1.82, 2.24) is 4.98 Å². The van der Waals surface area contributed by atoms with Gasteiger partial charge in [-0.1, -0.05) is 19.4 Å². The van der Waals surface area contributed by atoms with E-state index in [1.807, 2.05) is 6.08 Å². The van der Waals surface area contributed by atoms with E-state index in [1.54, 1.807) is 0 Å². The fourth-order valence-electron chi connectivity index (χ4n) is 13.6. The summed E-state index contributed by atoms with van der Waals surface area (Å²) in [7, 11) is 0. The molecular weight excluding hydrogens is 630 g/mol. The number of allylic oxidation sites excluding steroid dienone is 1. The summed E-state index contributed by atoms with van der Waals surface area (Å²) in [5, 5.41) is 14.7. The fourth-order valence-corrected chi connectivity index (χ4v) is 13.6. The number of aliphatic hydroxyl groups is 1. The number of nitrogens with one attached hydrogen (secondary N) is 1. The van der Waals surface area contributed by atoms with E-state index in [4.69, 9.17) is 23.7 Å². The van der Waals surface area contributed by atoms with Gasteiger partial charge in [0.1, 0.15) is 23.9 Å². The molecule has 5 heterocycles. The largest absolute Gasteiger partial charge is 0.386 e. The first-order valence-corrected chi connectivity index (χ1v) is 19.3.